The minimum absolute atomic E-state index is 0.168. The van der Waals surface area contributed by atoms with Gasteiger partial charge in [0.1, 0.15) is 5.75 Å². The molecule has 1 aliphatic heterocycles. The second-order valence-electron chi connectivity index (χ2n) is 6.38. The van der Waals surface area contributed by atoms with Crippen molar-refractivity contribution in [1.29, 1.82) is 0 Å². The number of nitrogens with zero attached hydrogens (tertiary/aromatic N) is 2. The Balaban J connectivity index is 1.95. The van der Waals surface area contributed by atoms with Crippen molar-refractivity contribution in [1.82, 2.24) is 4.90 Å². The SMILES string of the molecule is CN1CCC(CN(C(=O)O)c2ccccc2-c2cccc(O)c2)C1. The number of phenolic OH excluding ortho intramolecular Hbond substituents is 1. The van der Waals surface area contributed by atoms with Gasteiger partial charge >= 0.3 is 6.09 Å². The minimum Gasteiger partial charge on any atom is -0.508 e. The summed E-state index contributed by atoms with van der Waals surface area (Å²) in [6.45, 7) is 2.40. The van der Waals surface area contributed by atoms with Crippen LogP contribution in [0.25, 0.3) is 11.1 Å². The van der Waals surface area contributed by atoms with Crippen LogP contribution in [-0.4, -0.2) is 47.9 Å². The highest BCUT2D eigenvalue weighted by atomic mass is 16.4. The van der Waals surface area contributed by atoms with E-state index in [1.54, 1.807) is 18.2 Å². The van der Waals surface area contributed by atoms with Gasteiger partial charge < -0.3 is 15.1 Å². The van der Waals surface area contributed by atoms with Gasteiger partial charge in [-0.2, -0.15) is 0 Å². The van der Waals surface area contributed by atoms with Crippen molar-refractivity contribution in [3.63, 3.8) is 0 Å². The Morgan fingerprint density at radius 2 is 2.04 bits per heavy atom. The minimum atomic E-state index is -0.947. The van der Waals surface area contributed by atoms with Crippen LogP contribution in [0.5, 0.6) is 5.75 Å². The molecular weight excluding hydrogens is 304 g/mol. The molecule has 5 nitrogen and oxygen atoms in total. The number of rotatable bonds is 4. The quantitative estimate of drug-likeness (QED) is 0.903. The van der Waals surface area contributed by atoms with E-state index in [0.717, 1.165) is 30.6 Å². The molecule has 5 heteroatoms. The summed E-state index contributed by atoms with van der Waals surface area (Å²) in [5, 5.41) is 19.5. The molecule has 0 aliphatic carbocycles. The molecule has 2 aromatic rings. The highest BCUT2D eigenvalue weighted by molar-refractivity contribution is 5.93. The third-order valence-electron chi connectivity index (χ3n) is 4.51. The maximum atomic E-state index is 11.9. The summed E-state index contributed by atoms with van der Waals surface area (Å²) >= 11 is 0. The molecule has 24 heavy (non-hydrogen) atoms. The van der Waals surface area contributed by atoms with Crippen LogP contribution in [-0.2, 0) is 0 Å². The molecule has 1 amide bonds. The zero-order valence-electron chi connectivity index (χ0n) is 13.7. The second kappa shape index (κ2) is 6.93. The molecule has 0 aromatic heterocycles. The van der Waals surface area contributed by atoms with Crippen LogP contribution >= 0.6 is 0 Å². The zero-order valence-corrected chi connectivity index (χ0v) is 13.7. The molecule has 2 aromatic carbocycles. The van der Waals surface area contributed by atoms with Gasteiger partial charge in [-0.3, -0.25) is 4.90 Å². The van der Waals surface area contributed by atoms with E-state index in [1.807, 2.05) is 30.3 Å². The smallest absolute Gasteiger partial charge is 0.411 e. The van der Waals surface area contributed by atoms with Gasteiger partial charge in [-0.05, 0) is 49.7 Å². The van der Waals surface area contributed by atoms with Crippen LogP contribution in [0.4, 0.5) is 10.5 Å². The molecule has 3 rings (SSSR count). The predicted molar refractivity (Wildman–Crippen MR) is 94.5 cm³/mol. The number of carbonyl (C=O) groups is 1. The summed E-state index contributed by atoms with van der Waals surface area (Å²) in [5.74, 6) is 0.505. The van der Waals surface area contributed by atoms with Crippen molar-refractivity contribution in [3.8, 4) is 16.9 Å². The van der Waals surface area contributed by atoms with Crippen molar-refractivity contribution in [2.45, 2.75) is 6.42 Å². The topological polar surface area (TPSA) is 64.0 Å². The summed E-state index contributed by atoms with van der Waals surface area (Å²) in [7, 11) is 2.06. The van der Waals surface area contributed by atoms with Crippen LogP contribution in [0.3, 0.4) is 0 Å². The number of phenols is 1. The van der Waals surface area contributed by atoms with E-state index in [-0.39, 0.29) is 5.75 Å². The maximum absolute atomic E-state index is 11.9. The highest BCUT2D eigenvalue weighted by Gasteiger charge is 2.26. The zero-order chi connectivity index (χ0) is 17.1. The molecule has 0 bridgehead atoms. The fourth-order valence-electron chi connectivity index (χ4n) is 3.34. The molecule has 1 fully saturated rings. The maximum Gasteiger partial charge on any atom is 0.411 e. The number of para-hydroxylation sites is 1. The lowest BCUT2D eigenvalue weighted by atomic mass is 10.0. The average Bonchev–Trinajstić information content (AvgIpc) is 2.97. The predicted octanol–water partition coefficient (Wildman–Crippen LogP) is 3.50. The number of likely N-dealkylation sites (tertiary alicyclic amines) is 1. The van der Waals surface area contributed by atoms with Gasteiger partial charge in [0, 0.05) is 18.7 Å². The van der Waals surface area contributed by atoms with E-state index in [1.165, 1.54) is 4.90 Å². The molecule has 2 N–H and O–H groups in total. The Bertz CT molecular complexity index is 732. The van der Waals surface area contributed by atoms with Crippen molar-refractivity contribution in [3.05, 3.63) is 48.5 Å². The first-order chi connectivity index (χ1) is 11.5. The van der Waals surface area contributed by atoms with Crippen LogP contribution in [0.15, 0.2) is 48.5 Å². The van der Waals surface area contributed by atoms with Gasteiger partial charge in [0.05, 0.1) is 5.69 Å². The van der Waals surface area contributed by atoms with Gasteiger partial charge in [-0.25, -0.2) is 4.79 Å². The van der Waals surface area contributed by atoms with Crippen LogP contribution in [0, 0.1) is 5.92 Å². The third kappa shape index (κ3) is 3.51. The van der Waals surface area contributed by atoms with E-state index in [2.05, 4.69) is 11.9 Å². The fraction of sp³-hybridized carbons (Fsp3) is 0.316. The lowest BCUT2D eigenvalue weighted by molar-refractivity contribution is 0.200. The first kappa shape index (κ1) is 16.3. The van der Waals surface area contributed by atoms with Crippen molar-refractivity contribution in [2.24, 2.45) is 5.92 Å². The largest absolute Gasteiger partial charge is 0.508 e. The first-order valence-electron chi connectivity index (χ1n) is 8.12. The Kier molecular flexibility index (Phi) is 4.71. The molecule has 1 saturated heterocycles. The second-order valence-corrected chi connectivity index (χ2v) is 6.38. The van der Waals surface area contributed by atoms with Gasteiger partial charge in [0.15, 0.2) is 0 Å². The van der Waals surface area contributed by atoms with Gasteiger partial charge in [-0.15, -0.1) is 0 Å². The van der Waals surface area contributed by atoms with Crippen molar-refractivity contribution in [2.75, 3.05) is 31.6 Å². The first-order valence-corrected chi connectivity index (χ1v) is 8.12. The van der Waals surface area contributed by atoms with E-state index in [9.17, 15) is 15.0 Å². The third-order valence-corrected chi connectivity index (χ3v) is 4.51. The number of carboxylic acid groups (broad SMARTS) is 1. The summed E-state index contributed by atoms with van der Waals surface area (Å²) < 4.78 is 0. The molecule has 1 heterocycles. The Labute approximate surface area is 141 Å². The van der Waals surface area contributed by atoms with E-state index in [4.69, 9.17) is 0 Å². The molecule has 0 saturated carbocycles. The standard InChI is InChI=1S/C19H22N2O3/c1-20-10-9-14(12-20)13-21(19(23)24)18-8-3-2-7-17(18)15-5-4-6-16(22)11-15/h2-8,11,14,22H,9-10,12-13H2,1H3,(H,23,24). The Hall–Kier alpha value is -2.53. The molecule has 1 unspecified atom stereocenters. The van der Waals surface area contributed by atoms with Gasteiger partial charge in [0.2, 0.25) is 0 Å². The molecule has 1 atom stereocenters. The normalized spacial score (nSPS) is 17.8. The van der Waals surface area contributed by atoms with Gasteiger partial charge in [0.25, 0.3) is 0 Å². The number of hydrogen-bond acceptors (Lipinski definition) is 3. The molecule has 1 aliphatic rings. The number of benzene rings is 2. The number of hydrogen-bond donors (Lipinski definition) is 2. The number of aromatic hydroxyl groups is 1. The molecule has 126 valence electrons. The van der Waals surface area contributed by atoms with Crippen LogP contribution in [0.2, 0.25) is 0 Å². The van der Waals surface area contributed by atoms with Gasteiger partial charge in [-0.1, -0.05) is 30.3 Å². The van der Waals surface area contributed by atoms with E-state index in [0.29, 0.717) is 18.2 Å². The van der Waals surface area contributed by atoms with Crippen LogP contribution < -0.4 is 4.90 Å². The average molecular weight is 326 g/mol. The molecule has 0 radical (unpaired) electrons. The fourth-order valence-corrected chi connectivity index (χ4v) is 3.34. The molecule has 0 spiro atoms. The highest BCUT2D eigenvalue weighted by Crippen LogP contribution is 2.33. The Morgan fingerprint density at radius 1 is 1.25 bits per heavy atom. The number of amides is 1. The summed E-state index contributed by atoms with van der Waals surface area (Å²) in [6, 6.07) is 14.3. The monoisotopic (exact) mass is 326 g/mol. The van der Waals surface area contributed by atoms with Crippen LogP contribution in [0.1, 0.15) is 6.42 Å². The summed E-state index contributed by atoms with van der Waals surface area (Å²) in [6.07, 6.45) is 0.0614. The lowest BCUT2D eigenvalue weighted by Crippen LogP contribution is -2.35. The Morgan fingerprint density at radius 3 is 2.71 bits per heavy atom. The number of anilines is 1. The molecular formula is C19H22N2O3. The van der Waals surface area contributed by atoms with E-state index >= 15 is 0 Å². The van der Waals surface area contributed by atoms with E-state index < -0.39 is 6.09 Å². The lowest BCUT2D eigenvalue weighted by Gasteiger charge is -2.25. The summed E-state index contributed by atoms with van der Waals surface area (Å²) in [4.78, 5) is 15.5. The summed E-state index contributed by atoms with van der Waals surface area (Å²) in [5.41, 5.74) is 2.27. The van der Waals surface area contributed by atoms with Crippen molar-refractivity contribution < 1.29 is 15.0 Å². The van der Waals surface area contributed by atoms with Crippen molar-refractivity contribution >= 4 is 11.8 Å².